The Balaban J connectivity index is 1.90. The van der Waals surface area contributed by atoms with Crippen molar-refractivity contribution in [2.45, 2.75) is 13.0 Å². The van der Waals surface area contributed by atoms with E-state index in [1.54, 1.807) is 19.5 Å². The van der Waals surface area contributed by atoms with Gasteiger partial charge < -0.3 is 14.8 Å². The van der Waals surface area contributed by atoms with Gasteiger partial charge in [-0.1, -0.05) is 6.07 Å². The lowest BCUT2D eigenvalue weighted by atomic mass is 10.1. The van der Waals surface area contributed by atoms with E-state index in [2.05, 4.69) is 22.2 Å². The van der Waals surface area contributed by atoms with E-state index in [0.717, 1.165) is 11.3 Å². The molecule has 0 aliphatic rings. The van der Waals surface area contributed by atoms with Gasteiger partial charge >= 0.3 is 0 Å². The van der Waals surface area contributed by atoms with Crippen LogP contribution < -0.4 is 10.1 Å². The predicted molar refractivity (Wildman–Crippen MR) is 77.9 cm³/mol. The molecule has 5 nitrogen and oxygen atoms in total. The van der Waals surface area contributed by atoms with E-state index < -0.39 is 0 Å². The molecular formula is C15H19N3O2. The summed E-state index contributed by atoms with van der Waals surface area (Å²) in [5, 5.41) is 3.37. The van der Waals surface area contributed by atoms with Crippen LogP contribution in [0.4, 0.5) is 5.69 Å². The van der Waals surface area contributed by atoms with Crippen molar-refractivity contribution >= 4 is 5.69 Å². The van der Waals surface area contributed by atoms with Crippen molar-refractivity contribution in [3.05, 3.63) is 48.4 Å². The summed E-state index contributed by atoms with van der Waals surface area (Å²) < 4.78 is 10.3. The molecular weight excluding hydrogens is 254 g/mol. The average molecular weight is 273 g/mol. The van der Waals surface area contributed by atoms with E-state index in [9.17, 15) is 0 Å². The number of methoxy groups -OCH3 is 1. The van der Waals surface area contributed by atoms with E-state index in [0.29, 0.717) is 19.1 Å². The van der Waals surface area contributed by atoms with Crippen LogP contribution in [0.2, 0.25) is 0 Å². The lowest BCUT2D eigenvalue weighted by molar-refractivity contribution is 0.144. The highest BCUT2D eigenvalue weighted by molar-refractivity contribution is 5.44. The minimum Gasteiger partial charge on any atom is -0.475 e. The van der Waals surface area contributed by atoms with Crippen LogP contribution >= 0.6 is 0 Å². The third kappa shape index (κ3) is 4.20. The number of anilines is 1. The first kappa shape index (κ1) is 14.3. The van der Waals surface area contributed by atoms with Crippen LogP contribution in [0, 0.1) is 0 Å². The SMILES string of the molecule is COCCOc1ccc(NC(C)c2cccnc2)cn1. The molecule has 20 heavy (non-hydrogen) atoms. The molecule has 0 saturated carbocycles. The van der Waals surface area contributed by atoms with E-state index in [-0.39, 0.29) is 6.04 Å². The smallest absolute Gasteiger partial charge is 0.213 e. The Bertz CT molecular complexity index is 502. The van der Waals surface area contributed by atoms with Crippen molar-refractivity contribution in [2.75, 3.05) is 25.6 Å². The highest BCUT2D eigenvalue weighted by atomic mass is 16.5. The number of ether oxygens (including phenoxy) is 2. The summed E-state index contributed by atoms with van der Waals surface area (Å²) in [5.74, 6) is 0.599. The summed E-state index contributed by atoms with van der Waals surface area (Å²) in [5.41, 5.74) is 2.08. The van der Waals surface area contributed by atoms with Gasteiger partial charge in [0.1, 0.15) is 6.61 Å². The molecule has 0 radical (unpaired) electrons. The first-order chi connectivity index (χ1) is 9.79. The maximum Gasteiger partial charge on any atom is 0.213 e. The van der Waals surface area contributed by atoms with Crippen LogP contribution in [0.3, 0.4) is 0 Å². The van der Waals surface area contributed by atoms with Crippen LogP contribution in [-0.4, -0.2) is 30.3 Å². The Morgan fingerprint density at radius 3 is 2.75 bits per heavy atom. The van der Waals surface area contributed by atoms with Crippen molar-refractivity contribution < 1.29 is 9.47 Å². The van der Waals surface area contributed by atoms with E-state index in [4.69, 9.17) is 9.47 Å². The Morgan fingerprint density at radius 1 is 1.20 bits per heavy atom. The number of hydrogen-bond acceptors (Lipinski definition) is 5. The molecule has 0 aliphatic carbocycles. The van der Waals surface area contributed by atoms with Gasteiger partial charge in [0.05, 0.1) is 24.5 Å². The fourth-order valence-electron chi connectivity index (χ4n) is 1.75. The highest BCUT2D eigenvalue weighted by Crippen LogP contribution is 2.19. The minimum atomic E-state index is 0.172. The molecule has 0 fully saturated rings. The van der Waals surface area contributed by atoms with Crippen LogP contribution in [0.1, 0.15) is 18.5 Å². The molecule has 0 aliphatic heterocycles. The van der Waals surface area contributed by atoms with E-state index >= 15 is 0 Å². The largest absolute Gasteiger partial charge is 0.475 e. The van der Waals surface area contributed by atoms with Crippen molar-refractivity contribution in [1.29, 1.82) is 0 Å². The van der Waals surface area contributed by atoms with Gasteiger partial charge in [0.25, 0.3) is 0 Å². The third-order valence-electron chi connectivity index (χ3n) is 2.84. The molecule has 1 unspecified atom stereocenters. The number of nitrogens with one attached hydrogen (secondary N) is 1. The molecule has 2 aromatic heterocycles. The maximum atomic E-state index is 5.42. The summed E-state index contributed by atoms with van der Waals surface area (Å²) in [6.45, 7) is 3.14. The van der Waals surface area contributed by atoms with Gasteiger partial charge in [0.2, 0.25) is 5.88 Å². The van der Waals surface area contributed by atoms with Crippen LogP contribution in [0.5, 0.6) is 5.88 Å². The van der Waals surface area contributed by atoms with Gasteiger partial charge in [-0.05, 0) is 24.6 Å². The molecule has 2 rings (SSSR count). The van der Waals surface area contributed by atoms with Crippen molar-refractivity contribution in [2.24, 2.45) is 0 Å². The van der Waals surface area contributed by atoms with Crippen molar-refractivity contribution in [1.82, 2.24) is 9.97 Å². The Morgan fingerprint density at radius 2 is 2.10 bits per heavy atom. The monoisotopic (exact) mass is 273 g/mol. The summed E-state index contributed by atoms with van der Waals surface area (Å²) in [4.78, 5) is 8.36. The molecule has 2 aromatic rings. The fourth-order valence-corrected chi connectivity index (χ4v) is 1.75. The number of hydrogen-bond donors (Lipinski definition) is 1. The summed E-state index contributed by atoms with van der Waals surface area (Å²) in [6.07, 6.45) is 5.38. The zero-order chi connectivity index (χ0) is 14.2. The second-order valence-electron chi connectivity index (χ2n) is 4.38. The lowest BCUT2D eigenvalue weighted by Gasteiger charge is -2.15. The second-order valence-corrected chi connectivity index (χ2v) is 4.38. The van der Waals surface area contributed by atoms with Crippen LogP contribution in [-0.2, 0) is 4.74 Å². The molecule has 0 bridgehead atoms. The molecule has 5 heteroatoms. The van der Waals surface area contributed by atoms with E-state index in [1.165, 1.54) is 0 Å². The molecule has 1 atom stereocenters. The minimum absolute atomic E-state index is 0.172. The van der Waals surface area contributed by atoms with Gasteiger partial charge in [0, 0.05) is 25.6 Å². The fraction of sp³-hybridized carbons (Fsp3) is 0.333. The van der Waals surface area contributed by atoms with Gasteiger partial charge in [-0.3, -0.25) is 4.98 Å². The standard InChI is InChI=1S/C15H19N3O2/c1-12(13-4-3-7-16-10-13)18-14-5-6-15(17-11-14)20-9-8-19-2/h3-7,10-12,18H,8-9H2,1-2H3. The normalized spacial score (nSPS) is 11.9. The first-order valence-electron chi connectivity index (χ1n) is 6.54. The first-order valence-corrected chi connectivity index (χ1v) is 6.54. The third-order valence-corrected chi connectivity index (χ3v) is 2.84. The van der Waals surface area contributed by atoms with Gasteiger partial charge in [-0.15, -0.1) is 0 Å². The summed E-state index contributed by atoms with van der Waals surface area (Å²) in [6, 6.07) is 7.93. The Kier molecular flexibility index (Phi) is 5.32. The molecule has 2 heterocycles. The average Bonchev–Trinajstić information content (AvgIpc) is 2.50. The van der Waals surface area contributed by atoms with Gasteiger partial charge in [-0.25, -0.2) is 4.98 Å². The number of aromatic nitrogens is 2. The number of nitrogens with zero attached hydrogens (tertiary/aromatic N) is 2. The molecule has 0 amide bonds. The zero-order valence-corrected chi connectivity index (χ0v) is 11.7. The summed E-state index contributed by atoms with van der Waals surface area (Å²) in [7, 11) is 1.64. The second kappa shape index (κ2) is 7.45. The predicted octanol–water partition coefficient (Wildman–Crippen LogP) is 2.67. The van der Waals surface area contributed by atoms with Crippen molar-refractivity contribution in [3.8, 4) is 5.88 Å². The quantitative estimate of drug-likeness (QED) is 0.786. The molecule has 0 saturated heterocycles. The summed E-state index contributed by atoms with van der Waals surface area (Å²) >= 11 is 0. The van der Waals surface area contributed by atoms with Crippen molar-refractivity contribution in [3.63, 3.8) is 0 Å². The van der Waals surface area contributed by atoms with Gasteiger partial charge in [-0.2, -0.15) is 0 Å². The van der Waals surface area contributed by atoms with Crippen LogP contribution in [0.25, 0.3) is 0 Å². The highest BCUT2D eigenvalue weighted by Gasteiger charge is 2.05. The lowest BCUT2D eigenvalue weighted by Crippen LogP contribution is -2.08. The van der Waals surface area contributed by atoms with E-state index in [1.807, 2.05) is 30.5 Å². The van der Waals surface area contributed by atoms with Gasteiger partial charge in [0.15, 0.2) is 0 Å². The topological polar surface area (TPSA) is 56.3 Å². The molecule has 106 valence electrons. The van der Waals surface area contributed by atoms with Crippen LogP contribution in [0.15, 0.2) is 42.9 Å². The molecule has 0 spiro atoms. The zero-order valence-electron chi connectivity index (χ0n) is 11.7. The maximum absolute atomic E-state index is 5.42. The molecule has 0 aromatic carbocycles. The number of rotatable bonds is 7. The molecule has 1 N–H and O–H groups in total. The Labute approximate surface area is 119 Å². The number of pyridine rings is 2. The Hall–Kier alpha value is -2.14.